The molecule has 0 heterocycles. The van der Waals surface area contributed by atoms with Gasteiger partial charge in [0, 0.05) is 19.2 Å². The standard InChI is InChI=1S/C11H23NO3/c1-7(2)10(6-15-5)12-9(4)8(3)11(13)14/h7-10,12H,6H2,1-5H3,(H,13,14). The largest absolute Gasteiger partial charge is 0.481 e. The van der Waals surface area contributed by atoms with Crippen molar-refractivity contribution in [3.8, 4) is 0 Å². The topological polar surface area (TPSA) is 58.6 Å². The maximum absolute atomic E-state index is 10.8. The van der Waals surface area contributed by atoms with Crippen LogP contribution in [0.2, 0.25) is 0 Å². The number of hydrogen-bond donors (Lipinski definition) is 2. The Morgan fingerprint density at radius 2 is 1.87 bits per heavy atom. The molecule has 3 unspecified atom stereocenters. The predicted molar refractivity (Wildman–Crippen MR) is 59.9 cm³/mol. The van der Waals surface area contributed by atoms with Crippen LogP contribution in [0.1, 0.15) is 27.7 Å². The quantitative estimate of drug-likeness (QED) is 0.676. The van der Waals surface area contributed by atoms with Gasteiger partial charge in [-0.25, -0.2) is 0 Å². The average molecular weight is 217 g/mol. The van der Waals surface area contributed by atoms with Crippen molar-refractivity contribution in [1.82, 2.24) is 5.32 Å². The third kappa shape index (κ3) is 5.14. The van der Waals surface area contributed by atoms with E-state index in [-0.39, 0.29) is 18.0 Å². The van der Waals surface area contributed by atoms with Crippen LogP contribution >= 0.6 is 0 Å². The van der Waals surface area contributed by atoms with Crippen molar-refractivity contribution in [2.45, 2.75) is 39.8 Å². The van der Waals surface area contributed by atoms with Crippen LogP contribution < -0.4 is 5.32 Å². The zero-order chi connectivity index (χ0) is 12.0. The van der Waals surface area contributed by atoms with Gasteiger partial charge in [-0.3, -0.25) is 4.79 Å². The van der Waals surface area contributed by atoms with Gasteiger partial charge in [0.2, 0.25) is 0 Å². The first kappa shape index (κ1) is 14.4. The summed E-state index contributed by atoms with van der Waals surface area (Å²) < 4.78 is 5.10. The lowest BCUT2D eigenvalue weighted by Gasteiger charge is -2.27. The molecule has 0 aliphatic rings. The molecule has 0 aliphatic carbocycles. The number of ether oxygens (including phenoxy) is 1. The van der Waals surface area contributed by atoms with E-state index < -0.39 is 5.97 Å². The summed E-state index contributed by atoms with van der Waals surface area (Å²) in [5.41, 5.74) is 0. The number of nitrogens with one attached hydrogen (secondary N) is 1. The summed E-state index contributed by atoms with van der Waals surface area (Å²) in [4.78, 5) is 10.8. The van der Waals surface area contributed by atoms with E-state index in [0.717, 1.165) is 0 Å². The number of aliphatic carboxylic acids is 1. The van der Waals surface area contributed by atoms with Gasteiger partial charge in [-0.15, -0.1) is 0 Å². The highest BCUT2D eigenvalue weighted by atomic mass is 16.5. The molecule has 0 radical (unpaired) electrons. The fraction of sp³-hybridized carbons (Fsp3) is 0.909. The highest BCUT2D eigenvalue weighted by Crippen LogP contribution is 2.08. The Morgan fingerprint density at radius 3 is 2.20 bits per heavy atom. The summed E-state index contributed by atoms with van der Waals surface area (Å²) in [6.45, 7) is 8.39. The maximum Gasteiger partial charge on any atom is 0.307 e. The van der Waals surface area contributed by atoms with Crippen LogP contribution in [0.4, 0.5) is 0 Å². The zero-order valence-electron chi connectivity index (χ0n) is 10.3. The number of carbonyl (C=O) groups is 1. The summed E-state index contributed by atoms with van der Waals surface area (Å²) in [7, 11) is 1.66. The molecule has 4 nitrogen and oxygen atoms in total. The second kappa shape index (κ2) is 6.80. The van der Waals surface area contributed by atoms with Crippen LogP contribution in [0.25, 0.3) is 0 Å². The Balaban J connectivity index is 4.21. The fourth-order valence-corrected chi connectivity index (χ4v) is 1.31. The van der Waals surface area contributed by atoms with Gasteiger partial charge in [-0.2, -0.15) is 0 Å². The van der Waals surface area contributed by atoms with E-state index in [9.17, 15) is 4.79 Å². The second-order valence-electron chi connectivity index (χ2n) is 4.39. The highest BCUT2D eigenvalue weighted by Gasteiger charge is 2.23. The monoisotopic (exact) mass is 217 g/mol. The minimum atomic E-state index is -0.769. The lowest BCUT2D eigenvalue weighted by Crippen LogP contribution is -2.47. The molecule has 0 aromatic carbocycles. The van der Waals surface area contributed by atoms with Crippen LogP contribution in [-0.4, -0.2) is 36.9 Å². The lowest BCUT2D eigenvalue weighted by atomic mass is 9.99. The first-order chi connectivity index (χ1) is 6.90. The molecular weight excluding hydrogens is 194 g/mol. The molecule has 15 heavy (non-hydrogen) atoms. The molecule has 0 aromatic rings. The van der Waals surface area contributed by atoms with E-state index in [2.05, 4.69) is 19.2 Å². The summed E-state index contributed by atoms with van der Waals surface area (Å²) in [5.74, 6) is -0.730. The van der Waals surface area contributed by atoms with E-state index in [1.54, 1.807) is 14.0 Å². The molecule has 0 rings (SSSR count). The molecule has 3 atom stereocenters. The van der Waals surface area contributed by atoms with Crippen LogP contribution in [0.5, 0.6) is 0 Å². The SMILES string of the molecule is COCC(NC(C)C(C)C(=O)O)C(C)C. The van der Waals surface area contributed by atoms with Gasteiger partial charge in [-0.05, 0) is 12.8 Å². The van der Waals surface area contributed by atoms with Crippen LogP contribution in [0, 0.1) is 11.8 Å². The Morgan fingerprint density at radius 1 is 1.33 bits per heavy atom. The number of methoxy groups -OCH3 is 1. The van der Waals surface area contributed by atoms with Gasteiger partial charge in [-0.1, -0.05) is 20.8 Å². The van der Waals surface area contributed by atoms with Gasteiger partial charge in [0.05, 0.1) is 12.5 Å². The van der Waals surface area contributed by atoms with Crippen LogP contribution in [-0.2, 0) is 9.53 Å². The Kier molecular flexibility index (Phi) is 6.52. The maximum atomic E-state index is 10.8. The van der Waals surface area contributed by atoms with Gasteiger partial charge in [0.15, 0.2) is 0 Å². The Hall–Kier alpha value is -0.610. The third-order valence-corrected chi connectivity index (χ3v) is 2.77. The van der Waals surface area contributed by atoms with Crippen molar-refractivity contribution in [2.75, 3.05) is 13.7 Å². The molecule has 4 heteroatoms. The van der Waals surface area contributed by atoms with E-state index >= 15 is 0 Å². The number of carboxylic acid groups (broad SMARTS) is 1. The molecule has 0 aromatic heterocycles. The Bertz CT molecular complexity index is 194. The van der Waals surface area contributed by atoms with E-state index in [0.29, 0.717) is 12.5 Å². The summed E-state index contributed by atoms with van der Waals surface area (Å²) in [5, 5.41) is 12.2. The van der Waals surface area contributed by atoms with Gasteiger partial charge < -0.3 is 15.2 Å². The first-order valence-electron chi connectivity index (χ1n) is 5.37. The summed E-state index contributed by atoms with van der Waals surface area (Å²) in [6.07, 6.45) is 0. The van der Waals surface area contributed by atoms with E-state index in [1.165, 1.54) is 0 Å². The number of hydrogen-bond acceptors (Lipinski definition) is 3. The summed E-state index contributed by atoms with van der Waals surface area (Å²) >= 11 is 0. The molecule has 0 amide bonds. The third-order valence-electron chi connectivity index (χ3n) is 2.77. The van der Waals surface area contributed by atoms with Crippen molar-refractivity contribution in [3.05, 3.63) is 0 Å². The minimum Gasteiger partial charge on any atom is -0.481 e. The first-order valence-corrected chi connectivity index (χ1v) is 5.37. The number of carboxylic acids is 1. The number of rotatable bonds is 7. The molecule has 2 N–H and O–H groups in total. The highest BCUT2D eigenvalue weighted by molar-refractivity contribution is 5.70. The van der Waals surface area contributed by atoms with Crippen molar-refractivity contribution in [3.63, 3.8) is 0 Å². The Labute approximate surface area is 92.0 Å². The molecule has 0 spiro atoms. The molecular formula is C11H23NO3. The van der Waals surface area contributed by atoms with Gasteiger partial charge in [0.1, 0.15) is 0 Å². The molecule has 0 saturated heterocycles. The van der Waals surface area contributed by atoms with E-state index in [4.69, 9.17) is 9.84 Å². The van der Waals surface area contributed by atoms with E-state index in [1.807, 2.05) is 6.92 Å². The van der Waals surface area contributed by atoms with Crippen molar-refractivity contribution >= 4 is 5.97 Å². The molecule has 90 valence electrons. The molecule has 0 aliphatic heterocycles. The summed E-state index contributed by atoms with van der Waals surface area (Å²) in [6, 6.07) is 0.150. The lowest BCUT2D eigenvalue weighted by molar-refractivity contribution is -0.142. The molecule has 0 bridgehead atoms. The van der Waals surface area contributed by atoms with Crippen molar-refractivity contribution in [2.24, 2.45) is 11.8 Å². The van der Waals surface area contributed by atoms with Gasteiger partial charge >= 0.3 is 5.97 Å². The molecule has 0 saturated carbocycles. The molecule has 0 fully saturated rings. The van der Waals surface area contributed by atoms with Gasteiger partial charge in [0.25, 0.3) is 0 Å². The fourth-order valence-electron chi connectivity index (χ4n) is 1.31. The normalized spacial score (nSPS) is 17.5. The average Bonchev–Trinajstić information content (AvgIpc) is 2.15. The van der Waals surface area contributed by atoms with Crippen LogP contribution in [0.3, 0.4) is 0 Å². The zero-order valence-corrected chi connectivity index (χ0v) is 10.3. The van der Waals surface area contributed by atoms with Crippen LogP contribution in [0.15, 0.2) is 0 Å². The predicted octanol–water partition coefficient (Wildman–Crippen LogP) is 1.36. The smallest absolute Gasteiger partial charge is 0.307 e. The second-order valence-corrected chi connectivity index (χ2v) is 4.39. The van der Waals surface area contributed by atoms with Crippen molar-refractivity contribution in [1.29, 1.82) is 0 Å². The van der Waals surface area contributed by atoms with Crippen molar-refractivity contribution < 1.29 is 14.6 Å². The minimum absolute atomic E-state index is 0.0509.